The van der Waals surface area contributed by atoms with E-state index in [9.17, 15) is 18.0 Å². The molecule has 0 aliphatic rings. The van der Waals surface area contributed by atoms with Crippen LogP contribution in [0, 0.1) is 17.5 Å². The van der Waals surface area contributed by atoms with E-state index < -0.39 is 22.9 Å². The van der Waals surface area contributed by atoms with Crippen LogP contribution in [0.5, 0.6) is 5.75 Å². The van der Waals surface area contributed by atoms with E-state index in [1.54, 1.807) is 30.5 Å². The summed E-state index contributed by atoms with van der Waals surface area (Å²) in [5.74, 6) is -3.76. The smallest absolute Gasteiger partial charge is 0.206 e. The average Bonchev–Trinajstić information content (AvgIpc) is 2.71. The van der Waals surface area contributed by atoms with Crippen molar-refractivity contribution in [2.75, 3.05) is 0 Å². The maximum atomic E-state index is 13.5. The molecule has 8 heteroatoms. The molecule has 0 unspecified atom stereocenters. The van der Waals surface area contributed by atoms with Gasteiger partial charge in [-0.1, -0.05) is 6.07 Å². The minimum absolute atomic E-state index is 0.0268. The highest BCUT2D eigenvalue weighted by molar-refractivity contribution is 5.79. The summed E-state index contributed by atoms with van der Waals surface area (Å²) in [5, 5.41) is 4.91. The van der Waals surface area contributed by atoms with E-state index in [4.69, 9.17) is 4.74 Å². The van der Waals surface area contributed by atoms with Crippen molar-refractivity contribution in [1.82, 2.24) is 14.8 Å². The zero-order chi connectivity index (χ0) is 19.7. The second-order valence-electron chi connectivity index (χ2n) is 5.94. The third-order valence-corrected chi connectivity index (χ3v) is 4.06. The molecule has 0 saturated carbocycles. The van der Waals surface area contributed by atoms with E-state index in [1.165, 1.54) is 12.3 Å². The van der Waals surface area contributed by atoms with Crippen LogP contribution in [0.3, 0.4) is 0 Å². The summed E-state index contributed by atoms with van der Waals surface area (Å²) in [5.41, 5.74) is 0.366. The van der Waals surface area contributed by atoms with Gasteiger partial charge in [-0.3, -0.25) is 9.78 Å². The third-order valence-electron chi connectivity index (χ3n) is 4.06. The average molecular weight is 383 g/mol. The lowest BCUT2D eigenvalue weighted by Crippen LogP contribution is -2.18. The van der Waals surface area contributed by atoms with Gasteiger partial charge in [0.2, 0.25) is 5.43 Å². The van der Waals surface area contributed by atoms with E-state index >= 15 is 0 Å². The molecular formula is C20H12F3N3O2. The van der Waals surface area contributed by atoms with E-state index in [-0.39, 0.29) is 18.0 Å². The van der Waals surface area contributed by atoms with Gasteiger partial charge >= 0.3 is 0 Å². The predicted octanol–water partition coefficient (Wildman–Crippen LogP) is 3.78. The summed E-state index contributed by atoms with van der Waals surface area (Å²) in [6.07, 6.45) is 2.92. The molecule has 4 rings (SSSR count). The molecule has 2 aromatic heterocycles. The summed E-state index contributed by atoms with van der Waals surface area (Å²) in [7, 11) is 0. The maximum Gasteiger partial charge on any atom is 0.206 e. The highest BCUT2D eigenvalue weighted by atomic mass is 19.2. The minimum atomic E-state index is -1.57. The number of rotatable bonds is 4. The summed E-state index contributed by atoms with van der Waals surface area (Å²) >= 11 is 0. The van der Waals surface area contributed by atoms with Crippen LogP contribution < -0.4 is 10.2 Å². The third kappa shape index (κ3) is 3.44. The van der Waals surface area contributed by atoms with Crippen molar-refractivity contribution in [2.24, 2.45) is 0 Å². The Morgan fingerprint density at radius 1 is 1.00 bits per heavy atom. The Hall–Kier alpha value is -3.68. The van der Waals surface area contributed by atoms with Gasteiger partial charge in [0.15, 0.2) is 17.5 Å². The molecule has 2 heterocycles. The van der Waals surface area contributed by atoms with Crippen molar-refractivity contribution >= 4 is 10.9 Å². The molecule has 0 aliphatic carbocycles. The van der Waals surface area contributed by atoms with Gasteiger partial charge in [0.25, 0.3) is 0 Å². The fourth-order valence-corrected chi connectivity index (χ4v) is 2.66. The lowest BCUT2D eigenvalue weighted by molar-refractivity contribution is 0.298. The molecule has 4 aromatic rings. The first-order valence-corrected chi connectivity index (χ1v) is 8.22. The number of pyridine rings is 1. The van der Waals surface area contributed by atoms with Crippen molar-refractivity contribution < 1.29 is 17.9 Å². The second-order valence-corrected chi connectivity index (χ2v) is 5.94. The van der Waals surface area contributed by atoms with Crippen molar-refractivity contribution in [3.05, 3.63) is 94.3 Å². The molecule has 0 bridgehead atoms. The molecule has 0 radical (unpaired) electrons. The molecule has 2 aromatic carbocycles. The normalized spacial score (nSPS) is 11.0. The molecule has 0 fully saturated rings. The van der Waals surface area contributed by atoms with E-state index in [2.05, 4.69) is 10.1 Å². The first kappa shape index (κ1) is 17.7. The quantitative estimate of drug-likeness (QED) is 0.504. The first-order valence-electron chi connectivity index (χ1n) is 8.22. The number of hydrogen-bond donors (Lipinski definition) is 0. The first-order chi connectivity index (χ1) is 13.5. The largest absolute Gasteiger partial charge is 0.487 e. The Morgan fingerprint density at radius 2 is 1.79 bits per heavy atom. The fourth-order valence-electron chi connectivity index (χ4n) is 2.66. The molecule has 0 aliphatic heterocycles. The molecule has 0 spiro atoms. The van der Waals surface area contributed by atoms with Crippen molar-refractivity contribution in [1.29, 1.82) is 0 Å². The van der Waals surface area contributed by atoms with E-state index in [0.29, 0.717) is 5.75 Å². The van der Waals surface area contributed by atoms with Gasteiger partial charge in [-0.2, -0.15) is 5.10 Å². The number of benzene rings is 2. The maximum absolute atomic E-state index is 13.5. The summed E-state index contributed by atoms with van der Waals surface area (Å²) in [6, 6.07) is 11.7. The molecule has 140 valence electrons. The topological polar surface area (TPSA) is 57.0 Å². The molecule has 28 heavy (non-hydrogen) atoms. The number of hydrogen-bond acceptors (Lipinski definition) is 4. The zero-order valence-electron chi connectivity index (χ0n) is 14.3. The number of halogens is 3. The highest BCUT2D eigenvalue weighted by Crippen LogP contribution is 2.20. The monoisotopic (exact) mass is 383 g/mol. The fraction of sp³-hybridized carbons (Fsp3) is 0.0500. The van der Waals surface area contributed by atoms with Crippen LogP contribution in [0.15, 0.2) is 65.7 Å². The van der Waals surface area contributed by atoms with Crippen molar-refractivity contribution in [3.8, 4) is 11.4 Å². The lowest BCUT2D eigenvalue weighted by atomic mass is 10.2. The Kier molecular flexibility index (Phi) is 4.52. The molecular weight excluding hydrogens is 371 g/mol. The lowest BCUT2D eigenvalue weighted by Gasteiger charge is -2.10. The Labute approximate surface area is 156 Å². The van der Waals surface area contributed by atoms with Gasteiger partial charge in [-0.25, -0.2) is 17.9 Å². The number of nitrogens with zero attached hydrogens (tertiary/aromatic N) is 3. The molecule has 5 nitrogen and oxygen atoms in total. The van der Waals surface area contributed by atoms with Gasteiger partial charge in [-0.15, -0.1) is 0 Å². The standard InChI is InChI=1S/C20H12F3N3O2/c21-15-9-13(10-16(22)20(15)23)26-7-5-19(27)18(25-26)11-28-14-3-4-17-12(8-14)2-1-6-24-17/h1-10H,11H2. The van der Waals surface area contributed by atoms with Gasteiger partial charge in [0.05, 0.1) is 11.2 Å². The minimum Gasteiger partial charge on any atom is -0.487 e. The van der Waals surface area contributed by atoms with Gasteiger partial charge in [-0.05, 0) is 24.3 Å². The number of aromatic nitrogens is 3. The van der Waals surface area contributed by atoms with Crippen LogP contribution in [-0.2, 0) is 6.61 Å². The van der Waals surface area contributed by atoms with Gasteiger partial charge in [0.1, 0.15) is 18.1 Å². The molecule has 0 saturated heterocycles. The predicted molar refractivity (Wildman–Crippen MR) is 95.8 cm³/mol. The van der Waals surface area contributed by atoms with E-state index in [0.717, 1.165) is 27.7 Å². The highest BCUT2D eigenvalue weighted by Gasteiger charge is 2.13. The van der Waals surface area contributed by atoms with Crippen LogP contribution in [0.4, 0.5) is 13.2 Å². The second kappa shape index (κ2) is 7.15. The Bertz CT molecular complexity index is 1220. The number of fused-ring (bicyclic) bond motifs is 1. The van der Waals surface area contributed by atoms with E-state index in [1.807, 2.05) is 6.07 Å². The van der Waals surface area contributed by atoms with Crippen LogP contribution in [-0.4, -0.2) is 14.8 Å². The summed E-state index contributed by atoms with van der Waals surface area (Å²) in [6.45, 7) is -0.155. The zero-order valence-corrected chi connectivity index (χ0v) is 14.3. The Balaban J connectivity index is 1.61. The van der Waals surface area contributed by atoms with Crippen LogP contribution in [0.25, 0.3) is 16.6 Å². The van der Waals surface area contributed by atoms with Crippen LogP contribution >= 0.6 is 0 Å². The Morgan fingerprint density at radius 3 is 2.57 bits per heavy atom. The van der Waals surface area contributed by atoms with Gasteiger partial charge < -0.3 is 4.74 Å². The molecule has 0 N–H and O–H groups in total. The van der Waals surface area contributed by atoms with Gasteiger partial charge in [0, 0.05) is 36.0 Å². The van der Waals surface area contributed by atoms with Crippen LogP contribution in [0.2, 0.25) is 0 Å². The SMILES string of the molecule is O=c1ccn(-c2cc(F)c(F)c(F)c2)nc1COc1ccc2ncccc2c1. The number of ether oxygens (including phenoxy) is 1. The van der Waals surface area contributed by atoms with Crippen molar-refractivity contribution in [3.63, 3.8) is 0 Å². The van der Waals surface area contributed by atoms with Crippen LogP contribution in [0.1, 0.15) is 5.69 Å². The summed E-state index contributed by atoms with van der Waals surface area (Å²) < 4.78 is 46.8. The summed E-state index contributed by atoms with van der Waals surface area (Å²) in [4.78, 5) is 16.3. The molecule has 0 amide bonds. The van der Waals surface area contributed by atoms with Crippen molar-refractivity contribution in [2.45, 2.75) is 6.61 Å². The molecule has 0 atom stereocenters.